The van der Waals surface area contributed by atoms with Gasteiger partial charge in [0.05, 0.1) is 7.11 Å². The molecule has 0 saturated carbocycles. The van der Waals surface area contributed by atoms with Gasteiger partial charge in [-0.05, 0) is 24.6 Å². The van der Waals surface area contributed by atoms with Crippen molar-refractivity contribution in [3.63, 3.8) is 0 Å². The molecule has 2 aromatic heterocycles. The second-order valence-electron chi connectivity index (χ2n) is 4.62. The molecule has 3 rings (SSSR count). The van der Waals surface area contributed by atoms with Gasteiger partial charge in [-0.1, -0.05) is 12.1 Å². The molecule has 108 valence electrons. The Morgan fingerprint density at radius 3 is 3.05 bits per heavy atom. The fraction of sp³-hybridized carbons (Fsp3) is 0.214. The third-order valence-electron chi connectivity index (χ3n) is 3.18. The highest BCUT2D eigenvalue weighted by Crippen LogP contribution is 2.14. The van der Waals surface area contributed by atoms with Crippen LogP contribution in [0.3, 0.4) is 0 Å². The number of hydrogen-bond donors (Lipinski definition) is 2. The minimum atomic E-state index is -0.283. The van der Waals surface area contributed by atoms with Gasteiger partial charge >= 0.3 is 5.69 Å². The van der Waals surface area contributed by atoms with E-state index in [0.717, 1.165) is 11.3 Å². The number of nitrogens with one attached hydrogen (secondary N) is 2. The molecule has 0 aliphatic carbocycles. The number of aromatic amines is 1. The van der Waals surface area contributed by atoms with E-state index in [1.165, 1.54) is 4.40 Å². The summed E-state index contributed by atoms with van der Waals surface area (Å²) in [7, 11) is 1.64. The Kier molecular flexibility index (Phi) is 3.31. The third-order valence-corrected chi connectivity index (χ3v) is 3.18. The van der Waals surface area contributed by atoms with E-state index in [2.05, 4.69) is 20.5 Å². The summed E-state index contributed by atoms with van der Waals surface area (Å²) in [5.74, 6) is 2.06. The van der Waals surface area contributed by atoms with Gasteiger partial charge in [0, 0.05) is 12.6 Å². The molecule has 0 aliphatic rings. The van der Waals surface area contributed by atoms with E-state index < -0.39 is 0 Å². The molecule has 0 fully saturated rings. The van der Waals surface area contributed by atoms with Crippen LogP contribution < -0.4 is 15.7 Å². The summed E-state index contributed by atoms with van der Waals surface area (Å²) in [6.45, 7) is 2.37. The lowest BCUT2D eigenvalue weighted by Crippen LogP contribution is -2.14. The van der Waals surface area contributed by atoms with Crippen molar-refractivity contribution < 1.29 is 4.74 Å². The summed E-state index contributed by atoms with van der Waals surface area (Å²) in [6, 6.07) is 9.52. The van der Waals surface area contributed by atoms with E-state index in [4.69, 9.17) is 4.74 Å². The van der Waals surface area contributed by atoms with Gasteiger partial charge in [0.25, 0.3) is 0 Å². The fourth-order valence-corrected chi connectivity index (χ4v) is 2.16. The molecular weight excluding hydrogens is 270 g/mol. The van der Waals surface area contributed by atoms with Crippen LogP contribution in [0.15, 0.2) is 35.1 Å². The first kappa shape index (κ1) is 13.2. The van der Waals surface area contributed by atoms with Crippen molar-refractivity contribution in [2.75, 3.05) is 12.4 Å². The van der Waals surface area contributed by atoms with E-state index in [9.17, 15) is 4.79 Å². The Hall–Kier alpha value is -2.83. The Morgan fingerprint density at radius 1 is 1.38 bits per heavy atom. The van der Waals surface area contributed by atoms with Gasteiger partial charge < -0.3 is 10.1 Å². The molecule has 7 heteroatoms. The summed E-state index contributed by atoms with van der Waals surface area (Å²) in [5, 5.41) is 9.57. The van der Waals surface area contributed by atoms with E-state index in [1.54, 1.807) is 20.1 Å². The molecule has 0 saturated heterocycles. The van der Waals surface area contributed by atoms with Crippen LogP contribution in [0.25, 0.3) is 5.65 Å². The van der Waals surface area contributed by atoms with Gasteiger partial charge in [0.2, 0.25) is 0 Å². The lowest BCUT2D eigenvalue weighted by molar-refractivity contribution is 0.414. The lowest BCUT2D eigenvalue weighted by Gasteiger charge is -2.08. The van der Waals surface area contributed by atoms with Gasteiger partial charge in [0.15, 0.2) is 5.65 Å². The number of ether oxygens (including phenoxy) is 1. The van der Waals surface area contributed by atoms with E-state index >= 15 is 0 Å². The van der Waals surface area contributed by atoms with E-state index in [0.29, 0.717) is 23.8 Å². The van der Waals surface area contributed by atoms with Gasteiger partial charge in [-0.15, -0.1) is 0 Å². The molecule has 0 unspecified atom stereocenters. The zero-order valence-electron chi connectivity index (χ0n) is 11.8. The van der Waals surface area contributed by atoms with Crippen LogP contribution in [0.1, 0.15) is 11.4 Å². The van der Waals surface area contributed by atoms with Crippen LogP contribution in [0.2, 0.25) is 0 Å². The Labute approximate surface area is 120 Å². The minimum Gasteiger partial charge on any atom is -0.497 e. The summed E-state index contributed by atoms with van der Waals surface area (Å²) < 4.78 is 6.62. The highest BCUT2D eigenvalue weighted by atomic mass is 16.5. The van der Waals surface area contributed by atoms with Crippen molar-refractivity contribution in [3.8, 4) is 5.75 Å². The quantitative estimate of drug-likeness (QED) is 0.756. The average Bonchev–Trinajstić information content (AvgIpc) is 2.87. The predicted octanol–water partition coefficient (Wildman–Crippen LogP) is 1.35. The summed E-state index contributed by atoms with van der Waals surface area (Å²) in [5.41, 5.74) is 1.34. The molecule has 21 heavy (non-hydrogen) atoms. The summed E-state index contributed by atoms with van der Waals surface area (Å²) in [4.78, 5) is 15.9. The topological polar surface area (TPSA) is 84.3 Å². The highest BCUT2D eigenvalue weighted by molar-refractivity contribution is 5.50. The molecule has 7 nitrogen and oxygen atoms in total. The van der Waals surface area contributed by atoms with Crippen LogP contribution in [-0.4, -0.2) is 26.7 Å². The molecule has 0 amide bonds. The van der Waals surface area contributed by atoms with Gasteiger partial charge in [-0.2, -0.15) is 5.10 Å². The molecule has 2 N–H and O–H groups in total. The van der Waals surface area contributed by atoms with Crippen molar-refractivity contribution in [3.05, 3.63) is 52.2 Å². The van der Waals surface area contributed by atoms with Crippen molar-refractivity contribution >= 4 is 11.5 Å². The number of aromatic nitrogens is 4. The Balaban J connectivity index is 1.83. The number of aryl methyl sites for hydroxylation is 1. The molecule has 0 radical (unpaired) electrons. The zero-order chi connectivity index (χ0) is 14.8. The molecule has 2 heterocycles. The number of anilines is 1. The van der Waals surface area contributed by atoms with Crippen molar-refractivity contribution in [2.45, 2.75) is 13.5 Å². The van der Waals surface area contributed by atoms with Crippen LogP contribution in [0, 0.1) is 6.92 Å². The first-order valence-electron chi connectivity index (χ1n) is 6.49. The first-order valence-corrected chi connectivity index (χ1v) is 6.49. The molecule has 0 atom stereocenters. The maximum atomic E-state index is 11.5. The third kappa shape index (κ3) is 2.58. The number of methoxy groups -OCH3 is 1. The molecule has 0 bridgehead atoms. The summed E-state index contributed by atoms with van der Waals surface area (Å²) in [6.07, 6.45) is 0. The molecule has 0 spiro atoms. The zero-order valence-corrected chi connectivity index (χ0v) is 11.8. The maximum absolute atomic E-state index is 11.5. The maximum Gasteiger partial charge on any atom is 0.349 e. The van der Waals surface area contributed by atoms with Crippen molar-refractivity contribution in [1.82, 2.24) is 19.6 Å². The largest absolute Gasteiger partial charge is 0.497 e. The monoisotopic (exact) mass is 285 g/mol. The molecular formula is C14H15N5O2. The molecule has 1 aromatic carbocycles. The van der Waals surface area contributed by atoms with Crippen molar-refractivity contribution in [1.29, 1.82) is 0 Å². The van der Waals surface area contributed by atoms with Crippen molar-refractivity contribution in [2.24, 2.45) is 0 Å². The SMILES string of the molecule is COc1cccc(CNc2cc3n[nH]c(=O)n3c(C)n2)c1. The summed E-state index contributed by atoms with van der Waals surface area (Å²) >= 11 is 0. The number of fused-ring (bicyclic) bond motifs is 1. The second kappa shape index (κ2) is 5.28. The fourth-order valence-electron chi connectivity index (χ4n) is 2.16. The Bertz CT molecular complexity index is 837. The molecule has 0 aliphatic heterocycles. The first-order chi connectivity index (χ1) is 10.2. The lowest BCUT2D eigenvalue weighted by atomic mass is 10.2. The van der Waals surface area contributed by atoms with Crippen LogP contribution >= 0.6 is 0 Å². The van der Waals surface area contributed by atoms with Crippen LogP contribution in [0.4, 0.5) is 5.82 Å². The number of H-pyrrole nitrogens is 1. The van der Waals surface area contributed by atoms with E-state index in [1.807, 2.05) is 24.3 Å². The number of rotatable bonds is 4. The number of hydrogen-bond acceptors (Lipinski definition) is 5. The standard InChI is InChI=1S/C14H15N5O2/c1-9-16-12(7-13-17-18-14(20)19(9)13)15-8-10-4-3-5-11(6-10)21-2/h3-7,15H,8H2,1-2H3,(H,18,20). The number of benzene rings is 1. The minimum absolute atomic E-state index is 0.283. The van der Waals surface area contributed by atoms with E-state index in [-0.39, 0.29) is 5.69 Å². The van der Waals surface area contributed by atoms with Crippen LogP contribution in [0.5, 0.6) is 5.75 Å². The highest BCUT2D eigenvalue weighted by Gasteiger charge is 2.06. The smallest absolute Gasteiger partial charge is 0.349 e. The normalized spacial score (nSPS) is 10.8. The Morgan fingerprint density at radius 2 is 2.24 bits per heavy atom. The van der Waals surface area contributed by atoms with Gasteiger partial charge in [-0.3, -0.25) is 0 Å². The number of nitrogens with zero attached hydrogens (tertiary/aromatic N) is 3. The average molecular weight is 285 g/mol. The van der Waals surface area contributed by atoms with Gasteiger partial charge in [0.1, 0.15) is 17.4 Å². The van der Waals surface area contributed by atoms with Gasteiger partial charge in [-0.25, -0.2) is 19.3 Å². The molecule has 3 aromatic rings. The van der Waals surface area contributed by atoms with Crippen LogP contribution in [-0.2, 0) is 6.54 Å². The second-order valence-corrected chi connectivity index (χ2v) is 4.62. The predicted molar refractivity (Wildman–Crippen MR) is 78.7 cm³/mol.